The number of amides is 1. The maximum absolute atomic E-state index is 12.8. The van der Waals surface area contributed by atoms with Crippen molar-refractivity contribution < 1.29 is 9.53 Å². The Labute approximate surface area is 148 Å². The number of thioether (sulfide) groups is 1. The number of hydrogen-bond acceptors (Lipinski definition) is 5. The number of likely N-dealkylation sites (tertiary alicyclic amines) is 1. The van der Waals surface area contributed by atoms with Gasteiger partial charge in [0, 0.05) is 50.2 Å². The van der Waals surface area contributed by atoms with E-state index in [-0.39, 0.29) is 11.2 Å². The van der Waals surface area contributed by atoms with E-state index in [9.17, 15) is 4.79 Å². The van der Waals surface area contributed by atoms with E-state index in [1.165, 1.54) is 0 Å². The molecule has 0 aromatic heterocycles. The van der Waals surface area contributed by atoms with Crippen LogP contribution in [0, 0.1) is 0 Å². The smallest absolute Gasteiger partial charge is 0.235 e. The standard InChI is InChI=1S/C18H27N3O2S/c1-14(24-17-5-3-16(23-2)4-6-17)18(22)21-10-7-15(13-21)20-11-8-19-9-12-20/h3-6,14-15,19H,7-13H2,1-2H3. The van der Waals surface area contributed by atoms with E-state index in [1.54, 1.807) is 18.9 Å². The summed E-state index contributed by atoms with van der Waals surface area (Å²) in [5, 5.41) is 3.34. The lowest BCUT2D eigenvalue weighted by Gasteiger charge is -2.32. The molecule has 2 unspecified atom stereocenters. The Balaban J connectivity index is 1.51. The predicted octanol–water partition coefficient (Wildman–Crippen LogP) is 1.68. The Morgan fingerprint density at radius 3 is 2.62 bits per heavy atom. The first kappa shape index (κ1) is 17.6. The van der Waals surface area contributed by atoms with Crippen LogP contribution < -0.4 is 10.1 Å². The zero-order valence-corrected chi connectivity index (χ0v) is 15.3. The second kappa shape index (κ2) is 8.23. The maximum Gasteiger partial charge on any atom is 0.235 e. The second-order valence-electron chi connectivity index (χ2n) is 6.45. The number of ether oxygens (including phenoxy) is 1. The first-order chi connectivity index (χ1) is 11.7. The summed E-state index contributed by atoms with van der Waals surface area (Å²) in [6.45, 7) is 8.11. The molecular formula is C18H27N3O2S. The maximum atomic E-state index is 12.8. The molecule has 1 amide bonds. The highest BCUT2D eigenvalue weighted by molar-refractivity contribution is 8.00. The van der Waals surface area contributed by atoms with Crippen LogP contribution in [0.4, 0.5) is 0 Å². The van der Waals surface area contributed by atoms with Crippen molar-refractivity contribution in [2.24, 2.45) is 0 Å². The van der Waals surface area contributed by atoms with E-state index in [2.05, 4.69) is 10.2 Å². The van der Waals surface area contributed by atoms with Gasteiger partial charge in [-0.3, -0.25) is 9.69 Å². The number of benzene rings is 1. The van der Waals surface area contributed by atoms with Crippen molar-refractivity contribution >= 4 is 17.7 Å². The van der Waals surface area contributed by atoms with Crippen LogP contribution in [-0.4, -0.2) is 73.4 Å². The number of nitrogens with zero attached hydrogens (tertiary/aromatic N) is 2. The quantitative estimate of drug-likeness (QED) is 0.820. The normalized spacial score (nSPS) is 23.2. The summed E-state index contributed by atoms with van der Waals surface area (Å²) in [6, 6.07) is 8.45. The molecule has 1 aromatic rings. The highest BCUT2D eigenvalue weighted by atomic mass is 32.2. The van der Waals surface area contributed by atoms with Crippen molar-refractivity contribution in [2.45, 2.75) is 29.5 Å². The van der Waals surface area contributed by atoms with Gasteiger partial charge in [0.05, 0.1) is 12.4 Å². The summed E-state index contributed by atoms with van der Waals surface area (Å²) in [6.07, 6.45) is 1.10. The number of hydrogen-bond donors (Lipinski definition) is 1. The fourth-order valence-corrected chi connectivity index (χ4v) is 4.40. The molecule has 5 nitrogen and oxygen atoms in total. The van der Waals surface area contributed by atoms with Gasteiger partial charge in [0.15, 0.2) is 0 Å². The van der Waals surface area contributed by atoms with Crippen molar-refractivity contribution in [3.63, 3.8) is 0 Å². The Morgan fingerprint density at radius 2 is 1.96 bits per heavy atom. The zero-order valence-electron chi connectivity index (χ0n) is 14.5. The largest absolute Gasteiger partial charge is 0.497 e. The van der Waals surface area contributed by atoms with Crippen molar-refractivity contribution in [3.05, 3.63) is 24.3 Å². The fourth-order valence-electron chi connectivity index (χ4n) is 3.45. The molecule has 3 rings (SSSR count). The fraction of sp³-hybridized carbons (Fsp3) is 0.611. The molecule has 0 spiro atoms. The molecule has 2 aliphatic heterocycles. The van der Waals surface area contributed by atoms with E-state index in [0.29, 0.717) is 6.04 Å². The van der Waals surface area contributed by atoms with Crippen molar-refractivity contribution in [1.82, 2.24) is 15.1 Å². The molecule has 2 heterocycles. The highest BCUT2D eigenvalue weighted by Gasteiger charge is 2.32. The van der Waals surface area contributed by atoms with E-state index >= 15 is 0 Å². The van der Waals surface area contributed by atoms with Crippen LogP contribution in [-0.2, 0) is 4.79 Å². The number of rotatable bonds is 5. The molecule has 2 atom stereocenters. The molecule has 6 heteroatoms. The number of piperazine rings is 1. The van der Waals surface area contributed by atoms with Crippen LogP contribution in [0.5, 0.6) is 5.75 Å². The van der Waals surface area contributed by atoms with Crippen molar-refractivity contribution in [2.75, 3.05) is 46.4 Å². The van der Waals surface area contributed by atoms with Gasteiger partial charge in [-0.15, -0.1) is 11.8 Å². The minimum Gasteiger partial charge on any atom is -0.497 e. The molecule has 0 saturated carbocycles. The molecule has 1 N–H and O–H groups in total. The SMILES string of the molecule is COc1ccc(SC(C)C(=O)N2CCC(N3CCNCC3)C2)cc1. The summed E-state index contributed by atoms with van der Waals surface area (Å²) in [5.41, 5.74) is 0. The van der Waals surface area contributed by atoms with Crippen LogP contribution in [0.15, 0.2) is 29.2 Å². The van der Waals surface area contributed by atoms with Crippen LogP contribution in [0.25, 0.3) is 0 Å². The number of methoxy groups -OCH3 is 1. The molecule has 2 aliphatic rings. The zero-order chi connectivity index (χ0) is 16.9. The van der Waals surface area contributed by atoms with Gasteiger partial charge in [-0.25, -0.2) is 0 Å². The van der Waals surface area contributed by atoms with E-state index in [1.807, 2.05) is 36.1 Å². The molecule has 0 aliphatic carbocycles. The molecule has 132 valence electrons. The molecule has 1 aromatic carbocycles. The molecule has 0 radical (unpaired) electrons. The molecular weight excluding hydrogens is 322 g/mol. The lowest BCUT2D eigenvalue weighted by Crippen LogP contribution is -2.49. The van der Waals surface area contributed by atoms with Gasteiger partial charge in [0.1, 0.15) is 5.75 Å². The van der Waals surface area contributed by atoms with Gasteiger partial charge in [-0.2, -0.15) is 0 Å². The minimum absolute atomic E-state index is 0.0554. The molecule has 24 heavy (non-hydrogen) atoms. The van der Waals surface area contributed by atoms with Gasteiger partial charge in [-0.1, -0.05) is 0 Å². The second-order valence-corrected chi connectivity index (χ2v) is 7.86. The van der Waals surface area contributed by atoms with Gasteiger partial charge >= 0.3 is 0 Å². The predicted molar refractivity (Wildman–Crippen MR) is 97.7 cm³/mol. The lowest BCUT2D eigenvalue weighted by atomic mass is 10.2. The minimum atomic E-state index is -0.0554. The average Bonchev–Trinajstić information content (AvgIpc) is 3.12. The van der Waals surface area contributed by atoms with E-state index in [0.717, 1.165) is 56.3 Å². The summed E-state index contributed by atoms with van der Waals surface area (Å²) in [7, 11) is 1.66. The number of nitrogens with one attached hydrogen (secondary N) is 1. The number of carbonyl (C=O) groups is 1. The van der Waals surface area contributed by atoms with E-state index in [4.69, 9.17) is 4.74 Å². The van der Waals surface area contributed by atoms with E-state index < -0.39 is 0 Å². The van der Waals surface area contributed by atoms with Crippen molar-refractivity contribution in [1.29, 1.82) is 0 Å². The monoisotopic (exact) mass is 349 g/mol. The Kier molecular flexibility index (Phi) is 6.03. The van der Waals surface area contributed by atoms with Crippen LogP contribution >= 0.6 is 11.8 Å². The molecule has 2 saturated heterocycles. The summed E-state index contributed by atoms with van der Waals surface area (Å²) in [5.74, 6) is 1.10. The Hall–Kier alpha value is -1.24. The number of carbonyl (C=O) groups excluding carboxylic acids is 1. The Bertz CT molecular complexity index is 546. The topological polar surface area (TPSA) is 44.8 Å². The van der Waals surface area contributed by atoms with Gasteiger partial charge < -0.3 is 15.0 Å². The van der Waals surface area contributed by atoms with Gasteiger partial charge in [0.25, 0.3) is 0 Å². The third-order valence-corrected chi connectivity index (χ3v) is 5.96. The third kappa shape index (κ3) is 4.23. The summed E-state index contributed by atoms with van der Waals surface area (Å²) >= 11 is 1.62. The Morgan fingerprint density at radius 1 is 1.25 bits per heavy atom. The molecule has 2 fully saturated rings. The molecule has 0 bridgehead atoms. The lowest BCUT2D eigenvalue weighted by molar-refractivity contribution is -0.129. The van der Waals surface area contributed by atoms with Gasteiger partial charge in [0.2, 0.25) is 5.91 Å². The van der Waals surface area contributed by atoms with Crippen LogP contribution in [0.1, 0.15) is 13.3 Å². The average molecular weight is 350 g/mol. The first-order valence-corrected chi connectivity index (χ1v) is 9.59. The van der Waals surface area contributed by atoms with Gasteiger partial charge in [-0.05, 0) is 37.6 Å². The van der Waals surface area contributed by atoms with Crippen LogP contribution in [0.2, 0.25) is 0 Å². The van der Waals surface area contributed by atoms with Crippen molar-refractivity contribution in [3.8, 4) is 5.75 Å². The highest BCUT2D eigenvalue weighted by Crippen LogP contribution is 2.28. The first-order valence-electron chi connectivity index (χ1n) is 8.71. The van der Waals surface area contributed by atoms with Crippen LogP contribution in [0.3, 0.4) is 0 Å². The third-order valence-electron chi connectivity index (χ3n) is 4.86. The summed E-state index contributed by atoms with van der Waals surface area (Å²) < 4.78 is 5.18. The summed E-state index contributed by atoms with van der Waals surface area (Å²) in [4.78, 5) is 18.4.